The highest BCUT2D eigenvalue weighted by Crippen LogP contribution is 2.39. The number of halogens is 1. The van der Waals surface area contributed by atoms with Gasteiger partial charge in [-0.1, -0.05) is 28.1 Å². The third-order valence-electron chi connectivity index (χ3n) is 3.20. The monoisotopic (exact) mass is 268 g/mol. The van der Waals surface area contributed by atoms with E-state index in [0.29, 0.717) is 0 Å². The van der Waals surface area contributed by atoms with Crippen LogP contribution in [-0.4, -0.2) is 10.7 Å². The Bertz CT molecular complexity index is 357. The summed E-state index contributed by atoms with van der Waals surface area (Å²) in [6.07, 6.45) is 3.88. The molecule has 1 aromatic rings. The molecule has 1 N–H and O–H groups in total. The maximum atomic E-state index is 9.77. The molecule has 82 valence electrons. The molecule has 0 bridgehead atoms. The van der Waals surface area contributed by atoms with Gasteiger partial charge in [0.25, 0.3) is 0 Å². The lowest BCUT2D eigenvalue weighted by atomic mass is 10.0. The van der Waals surface area contributed by atoms with Gasteiger partial charge in [-0.3, -0.25) is 0 Å². The number of aryl methyl sites for hydroxylation is 3. The minimum absolute atomic E-state index is 0.325. The van der Waals surface area contributed by atoms with Gasteiger partial charge < -0.3 is 5.11 Å². The topological polar surface area (TPSA) is 20.2 Å². The fraction of sp³-hybridized carbons (Fsp3) is 0.538. The van der Waals surface area contributed by atoms with Crippen molar-refractivity contribution in [3.05, 3.63) is 33.3 Å². The summed E-state index contributed by atoms with van der Waals surface area (Å²) >= 11 is 3.57. The van der Waals surface area contributed by atoms with Crippen molar-refractivity contribution in [2.24, 2.45) is 0 Å². The lowest BCUT2D eigenvalue weighted by Crippen LogP contribution is -2.07. The van der Waals surface area contributed by atoms with Crippen molar-refractivity contribution in [3.63, 3.8) is 0 Å². The Morgan fingerprint density at radius 1 is 1.27 bits per heavy atom. The van der Waals surface area contributed by atoms with Crippen molar-refractivity contribution in [1.29, 1.82) is 0 Å². The van der Waals surface area contributed by atoms with Gasteiger partial charge in [0.1, 0.15) is 0 Å². The summed E-state index contributed by atoms with van der Waals surface area (Å²) in [6, 6.07) is 4.42. The van der Waals surface area contributed by atoms with Crippen LogP contribution in [0.3, 0.4) is 0 Å². The molecular weight excluding hydrogens is 252 g/mol. The fourth-order valence-corrected chi connectivity index (χ4v) is 2.18. The quantitative estimate of drug-likeness (QED) is 0.890. The maximum absolute atomic E-state index is 9.77. The van der Waals surface area contributed by atoms with Crippen LogP contribution in [-0.2, 0) is 6.42 Å². The lowest BCUT2D eigenvalue weighted by molar-refractivity contribution is 0.140. The summed E-state index contributed by atoms with van der Waals surface area (Å²) in [4.78, 5) is 0. The molecule has 1 nitrogen and oxygen atoms in total. The Morgan fingerprint density at radius 3 is 2.27 bits per heavy atom. The molecule has 1 aliphatic rings. The average Bonchev–Trinajstić information content (AvgIpc) is 2.90. The van der Waals surface area contributed by atoms with Crippen LogP contribution in [0, 0.1) is 13.8 Å². The molecule has 0 atom stereocenters. The zero-order valence-corrected chi connectivity index (χ0v) is 10.9. The summed E-state index contributed by atoms with van der Waals surface area (Å²) in [5.41, 5.74) is 3.59. The van der Waals surface area contributed by atoms with Crippen molar-refractivity contribution in [3.8, 4) is 0 Å². The van der Waals surface area contributed by atoms with Crippen molar-refractivity contribution >= 4 is 15.9 Å². The zero-order valence-electron chi connectivity index (χ0n) is 9.31. The van der Waals surface area contributed by atoms with Crippen molar-refractivity contribution in [2.75, 3.05) is 0 Å². The molecule has 0 saturated heterocycles. The first kappa shape index (κ1) is 11.2. The van der Waals surface area contributed by atoms with E-state index in [1.165, 1.54) is 21.2 Å². The van der Waals surface area contributed by atoms with Crippen LogP contribution in [0.5, 0.6) is 0 Å². The molecule has 0 radical (unpaired) electrons. The van der Waals surface area contributed by atoms with E-state index in [-0.39, 0.29) is 5.60 Å². The summed E-state index contributed by atoms with van der Waals surface area (Å²) in [6.45, 7) is 4.23. The van der Waals surface area contributed by atoms with Gasteiger partial charge in [0.2, 0.25) is 0 Å². The molecule has 0 heterocycles. The first-order chi connectivity index (χ1) is 7.00. The number of hydrogen-bond acceptors (Lipinski definition) is 1. The third kappa shape index (κ3) is 2.61. The van der Waals surface area contributed by atoms with Gasteiger partial charge >= 0.3 is 0 Å². The minimum atomic E-state index is -0.325. The molecule has 0 unspecified atom stereocenters. The molecule has 15 heavy (non-hydrogen) atoms. The van der Waals surface area contributed by atoms with E-state index in [2.05, 4.69) is 41.9 Å². The second-order valence-corrected chi connectivity index (χ2v) is 5.56. The van der Waals surface area contributed by atoms with Crippen molar-refractivity contribution < 1.29 is 5.11 Å². The van der Waals surface area contributed by atoms with E-state index in [9.17, 15) is 5.11 Å². The van der Waals surface area contributed by atoms with E-state index in [0.717, 1.165) is 25.7 Å². The maximum Gasteiger partial charge on any atom is 0.0653 e. The molecule has 2 rings (SSSR count). The first-order valence-electron chi connectivity index (χ1n) is 5.48. The Kier molecular flexibility index (Phi) is 2.91. The number of benzene rings is 1. The van der Waals surface area contributed by atoms with Crippen LogP contribution in [0.15, 0.2) is 16.6 Å². The minimum Gasteiger partial charge on any atom is -0.390 e. The molecule has 1 fully saturated rings. The second-order valence-electron chi connectivity index (χ2n) is 4.77. The van der Waals surface area contributed by atoms with E-state index in [4.69, 9.17) is 0 Å². The lowest BCUT2D eigenvalue weighted by Gasteiger charge is -2.10. The Hall–Kier alpha value is -0.340. The van der Waals surface area contributed by atoms with Gasteiger partial charge in [0, 0.05) is 4.47 Å². The standard InChI is InChI=1S/C13H17BrO/c1-9-7-11(8-10(2)12(9)14)3-4-13(15)5-6-13/h7-8,15H,3-6H2,1-2H3. The predicted octanol–water partition coefficient (Wildman–Crippen LogP) is 3.52. The van der Waals surface area contributed by atoms with Crippen molar-refractivity contribution in [1.82, 2.24) is 0 Å². The van der Waals surface area contributed by atoms with Gasteiger partial charge in [0.15, 0.2) is 0 Å². The molecule has 2 heteroatoms. The third-order valence-corrected chi connectivity index (χ3v) is 4.45. The van der Waals surface area contributed by atoms with Crippen LogP contribution in [0.2, 0.25) is 0 Å². The van der Waals surface area contributed by atoms with Gasteiger partial charge in [-0.25, -0.2) is 0 Å². The molecular formula is C13H17BrO. The zero-order chi connectivity index (χ0) is 11.1. The normalized spacial score (nSPS) is 17.9. The van der Waals surface area contributed by atoms with E-state index in [1.807, 2.05) is 0 Å². The Balaban J connectivity index is 2.08. The highest BCUT2D eigenvalue weighted by Gasteiger charge is 2.39. The SMILES string of the molecule is Cc1cc(CCC2(O)CC2)cc(C)c1Br. The van der Waals surface area contributed by atoms with Gasteiger partial charge in [-0.15, -0.1) is 0 Å². The average molecular weight is 269 g/mol. The molecule has 0 spiro atoms. The van der Waals surface area contributed by atoms with E-state index >= 15 is 0 Å². The van der Waals surface area contributed by atoms with E-state index in [1.54, 1.807) is 0 Å². The smallest absolute Gasteiger partial charge is 0.0653 e. The van der Waals surface area contributed by atoms with Gasteiger partial charge in [0.05, 0.1) is 5.60 Å². The molecule has 1 aromatic carbocycles. The summed E-state index contributed by atoms with van der Waals surface area (Å²) in [5, 5.41) is 9.77. The van der Waals surface area contributed by atoms with Gasteiger partial charge in [-0.2, -0.15) is 0 Å². The van der Waals surface area contributed by atoms with Crippen LogP contribution >= 0.6 is 15.9 Å². The summed E-state index contributed by atoms with van der Waals surface area (Å²) in [5.74, 6) is 0. The van der Waals surface area contributed by atoms with Crippen LogP contribution < -0.4 is 0 Å². The predicted molar refractivity (Wildman–Crippen MR) is 66.1 cm³/mol. The largest absolute Gasteiger partial charge is 0.390 e. The summed E-state index contributed by atoms with van der Waals surface area (Å²) in [7, 11) is 0. The van der Waals surface area contributed by atoms with Gasteiger partial charge in [-0.05, 0) is 56.2 Å². The molecule has 0 amide bonds. The summed E-state index contributed by atoms with van der Waals surface area (Å²) < 4.78 is 1.20. The number of hydrogen-bond donors (Lipinski definition) is 1. The Labute approximate surface area is 99.6 Å². The molecule has 0 aromatic heterocycles. The number of aliphatic hydroxyl groups is 1. The number of rotatable bonds is 3. The van der Waals surface area contributed by atoms with E-state index < -0.39 is 0 Å². The van der Waals surface area contributed by atoms with Crippen LogP contribution in [0.25, 0.3) is 0 Å². The molecule has 1 saturated carbocycles. The molecule has 0 aliphatic heterocycles. The van der Waals surface area contributed by atoms with Crippen LogP contribution in [0.1, 0.15) is 36.0 Å². The molecule has 1 aliphatic carbocycles. The first-order valence-corrected chi connectivity index (χ1v) is 6.27. The fourth-order valence-electron chi connectivity index (χ4n) is 1.95. The van der Waals surface area contributed by atoms with Crippen molar-refractivity contribution in [2.45, 2.75) is 45.1 Å². The Morgan fingerprint density at radius 2 is 1.80 bits per heavy atom. The highest BCUT2D eigenvalue weighted by molar-refractivity contribution is 9.10. The highest BCUT2D eigenvalue weighted by atomic mass is 79.9. The second kappa shape index (κ2) is 3.91. The van der Waals surface area contributed by atoms with Crippen LogP contribution in [0.4, 0.5) is 0 Å².